The molecule has 2 saturated heterocycles. The fourth-order valence-corrected chi connectivity index (χ4v) is 5.50. The third-order valence-electron chi connectivity index (χ3n) is 6.22. The second-order valence-electron chi connectivity index (χ2n) is 9.38. The Morgan fingerprint density at radius 3 is 2.35 bits per heavy atom. The van der Waals surface area contributed by atoms with Crippen molar-refractivity contribution < 1.29 is 42.8 Å². The van der Waals surface area contributed by atoms with Crippen LogP contribution in [-0.4, -0.2) is 104 Å². The van der Waals surface area contributed by atoms with Crippen LogP contribution in [0.4, 0.5) is 5.13 Å². The van der Waals surface area contributed by atoms with Gasteiger partial charge in [0.25, 0.3) is 0 Å². The van der Waals surface area contributed by atoms with Crippen molar-refractivity contribution in [3.63, 3.8) is 0 Å². The number of hydrogen-bond acceptors (Lipinski definition) is 12. The Bertz CT molecular complexity index is 1250. The average Bonchev–Trinajstić information content (AvgIpc) is 3.30. The fraction of sp³-hybridized carbons (Fsp3) is 0.577. The van der Waals surface area contributed by atoms with Crippen LogP contribution in [0.25, 0.3) is 10.2 Å². The lowest BCUT2D eigenvalue weighted by Gasteiger charge is -2.43. The van der Waals surface area contributed by atoms with Crippen molar-refractivity contribution in [2.45, 2.75) is 58.4 Å². The molecule has 0 bridgehead atoms. The van der Waals surface area contributed by atoms with Gasteiger partial charge in [0.05, 0.1) is 30.0 Å². The van der Waals surface area contributed by atoms with Crippen LogP contribution in [0.3, 0.4) is 0 Å². The Morgan fingerprint density at radius 2 is 1.70 bits per heavy atom. The van der Waals surface area contributed by atoms with E-state index < -0.39 is 48.6 Å². The van der Waals surface area contributed by atoms with Crippen LogP contribution in [0.1, 0.15) is 26.3 Å². The van der Waals surface area contributed by atoms with E-state index in [2.05, 4.69) is 16.4 Å². The first-order valence-corrected chi connectivity index (χ1v) is 13.7. The number of hydrogen-bond donors (Lipinski definition) is 1. The molecule has 13 nitrogen and oxygen atoms in total. The molecule has 1 N–H and O–H groups in total. The van der Waals surface area contributed by atoms with E-state index in [9.17, 15) is 14.4 Å². The van der Waals surface area contributed by atoms with Gasteiger partial charge in [-0.2, -0.15) is 0 Å². The Hall–Kier alpha value is -3.33. The van der Waals surface area contributed by atoms with Gasteiger partial charge in [-0.15, -0.1) is 0 Å². The number of aryl methyl sites for hydroxylation is 1. The van der Waals surface area contributed by atoms with Crippen molar-refractivity contribution >= 4 is 50.6 Å². The van der Waals surface area contributed by atoms with Crippen molar-refractivity contribution in [2.24, 2.45) is 4.99 Å². The van der Waals surface area contributed by atoms with E-state index in [0.717, 1.165) is 15.8 Å². The van der Waals surface area contributed by atoms with Gasteiger partial charge < -0.3 is 38.6 Å². The molecule has 0 aliphatic carbocycles. The summed E-state index contributed by atoms with van der Waals surface area (Å²) in [5.74, 6) is -1.39. The number of aromatic nitrogens is 1. The van der Waals surface area contributed by atoms with Crippen LogP contribution >= 0.6 is 11.3 Å². The summed E-state index contributed by atoms with van der Waals surface area (Å²) in [5, 5.41) is 4.00. The van der Waals surface area contributed by atoms with Crippen molar-refractivity contribution in [1.29, 1.82) is 0 Å². The van der Waals surface area contributed by atoms with Gasteiger partial charge in [-0.3, -0.25) is 14.4 Å². The van der Waals surface area contributed by atoms with Crippen LogP contribution in [0.5, 0.6) is 0 Å². The second-order valence-corrected chi connectivity index (χ2v) is 10.4. The van der Waals surface area contributed by atoms with Gasteiger partial charge >= 0.3 is 17.9 Å². The van der Waals surface area contributed by atoms with E-state index >= 15 is 0 Å². The zero-order chi connectivity index (χ0) is 28.8. The van der Waals surface area contributed by atoms with Crippen LogP contribution < -0.4 is 5.32 Å². The van der Waals surface area contributed by atoms with Gasteiger partial charge in [0, 0.05) is 41.0 Å². The van der Waals surface area contributed by atoms with E-state index in [0.29, 0.717) is 37.4 Å². The molecule has 2 fully saturated rings. The number of morpholine rings is 1. The number of methoxy groups -OCH3 is 1. The highest BCUT2D eigenvalue weighted by Gasteiger charge is 2.52. The number of rotatable bonds is 7. The summed E-state index contributed by atoms with van der Waals surface area (Å²) in [6.07, 6.45) is -5.48. The number of fused-ring (bicyclic) bond motifs is 1. The Balaban J connectivity index is 1.65. The molecule has 0 spiro atoms. The number of thiazole rings is 1. The average molecular weight is 579 g/mol. The van der Waals surface area contributed by atoms with Gasteiger partial charge in [0.15, 0.2) is 29.7 Å². The van der Waals surface area contributed by atoms with Crippen LogP contribution in [0.2, 0.25) is 0 Å². The summed E-state index contributed by atoms with van der Waals surface area (Å²) in [6.45, 7) is 7.91. The van der Waals surface area contributed by atoms with Crippen molar-refractivity contribution in [1.82, 2.24) is 9.88 Å². The van der Waals surface area contributed by atoms with E-state index in [1.54, 1.807) is 0 Å². The first kappa shape index (κ1) is 29.6. The zero-order valence-electron chi connectivity index (χ0n) is 23.1. The zero-order valence-corrected chi connectivity index (χ0v) is 23.9. The molecule has 4 rings (SSSR count). The summed E-state index contributed by atoms with van der Waals surface area (Å²) in [7, 11) is 1.37. The van der Waals surface area contributed by atoms with Crippen molar-refractivity contribution in [2.75, 3.05) is 45.3 Å². The quantitative estimate of drug-likeness (QED) is 0.221. The Morgan fingerprint density at radius 1 is 1.05 bits per heavy atom. The number of guanidine groups is 1. The molecule has 218 valence electrons. The maximum atomic E-state index is 12.1. The van der Waals surface area contributed by atoms with E-state index in [-0.39, 0.29) is 6.54 Å². The third kappa shape index (κ3) is 7.44. The first-order chi connectivity index (χ1) is 19.1. The smallest absolute Gasteiger partial charge is 0.303 e. The minimum absolute atomic E-state index is 0.00788. The Labute approximate surface area is 235 Å². The predicted octanol–water partition coefficient (Wildman–Crippen LogP) is 1.87. The largest absolute Gasteiger partial charge is 0.456 e. The Kier molecular flexibility index (Phi) is 9.90. The molecule has 5 atom stereocenters. The highest BCUT2D eigenvalue weighted by atomic mass is 32.1. The number of aliphatic imine (C=N–C) groups is 1. The number of benzene rings is 1. The lowest BCUT2D eigenvalue weighted by atomic mass is 9.97. The van der Waals surface area contributed by atoms with Gasteiger partial charge in [-0.1, -0.05) is 17.4 Å². The molecule has 1 aromatic carbocycles. The molecular formula is C26H34N4O9S. The third-order valence-corrected chi connectivity index (χ3v) is 7.16. The molecule has 2 aromatic rings. The molecule has 0 saturated carbocycles. The number of carbonyl (C=O) groups excluding carboxylic acids is 3. The first-order valence-electron chi connectivity index (χ1n) is 12.9. The summed E-state index contributed by atoms with van der Waals surface area (Å²) in [6, 6.07) is 6.05. The summed E-state index contributed by atoms with van der Waals surface area (Å²) in [5.41, 5.74) is 2.01. The van der Waals surface area contributed by atoms with Gasteiger partial charge in [-0.05, 0) is 24.6 Å². The predicted molar refractivity (Wildman–Crippen MR) is 145 cm³/mol. The normalized spacial score (nSPS) is 25.4. The summed E-state index contributed by atoms with van der Waals surface area (Å²) < 4.78 is 34.5. The minimum Gasteiger partial charge on any atom is -0.456 e. The maximum Gasteiger partial charge on any atom is 0.303 e. The van der Waals surface area contributed by atoms with E-state index in [1.165, 1.54) is 39.2 Å². The molecule has 0 radical (unpaired) electrons. The van der Waals surface area contributed by atoms with Crippen LogP contribution in [0.15, 0.2) is 23.2 Å². The second kappa shape index (κ2) is 13.4. The maximum absolute atomic E-state index is 12.1. The highest BCUT2D eigenvalue weighted by Crippen LogP contribution is 2.30. The minimum atomic E-state index is -1.18. The van der Waals surface area contributed by atoms with E-state index in [1.807, 2.05) is 24.0 Å². The topological polar surface area (TPSA) is 147 Å². The van der Waals surface area contributed by atoms with Gasteiger partial charge in [0.2, 0.25) is 5.96 Å². The van der Waals surface area contributed by atoms with Crippen molar-refractivity contribution in [3.8, 4) is 0 Å². The number of anilines is 1. The molecule has 14 heteroatoms. The lowest BCUT2D eigenvalue weighted by Crippen LogP contribution is -2.62. The number of esters is 3. The summed E-state index contributed by atoms with van der Waals surface area (Å²) in [4.78, 5) is 47.4. The van der Waals surface area contributed by atoms with Crippen molar-refractivity contribution in [3.05, 3.63) is 23.8 Å². The molecule has 2 aliphatic rings. The molecule has 40 heavy (non-hydrogen) atoms. The molecule has 2 aliphatic heterocycles. The van der Waals surface area contributed by atoms with Gasteiger partial charge in [0.1, 0.15) is 6.10 Å². The SMILES string of the molecule is CO[C@H]1O[C@H](CN=C(Nc2nc3ccc(C)cc3s2)N2CCOCC2)[C@@H](OC(C)=O)[C@H](OC(C)=O)[C@H]1OC(C)=O. The number of ether oxygens (including phenoxy) is 6. The van der Waals surface area contributed by atoms with Gasteiger partial charge in [-0.25, -0.2) is 9.98 Å². The molecular weight excluding hydrogens is 544 g/mol. The number of carbonyl (C=O) groups is 3. The number of nitrogens with one attached hydrogen (secondary N) is 1. The monoisotopic (exact) mass is 578 g/mol. The van der Waals surface area contributed by atoms with Crippen LogP contribution in [0, 0.1) is 6.92 Å². The lowest BCUT2D eigenvalue weighted by molar-refractivity contribution is -0.296. The fourth-order valence-electron chi connectivity index (χ4n) is 4.54. The number of nitrogens with zero attached hydrogens (tertiary/aromatic N) is 3. The highest BCUT2D eigenvalue weighted by molar-refractivity contribution is 7.22. The van der Waals surface area contributed by atoms with Crippen LogP contribution in [-0.2, 0) is 42.8 Å². The standard InChI is InChI=1S/C26H34N4O9S/c1-14-6-7-18-20(12-14)40-26(28-18)29-25(30-8-10-35-11-9-30)27-13-19-21(36-15(2)31)22(37-16(3)32)23(38-17(4)33)24(34-5)39-19/h6-7,12,19,21-24H,8-11,13H2,1-5H3,(H,27,28,29)/t19-,21-,22+,23-,24+/m1/s1. The molecule has 1 aromatic heterocycles. The van der Waals surface area contributed by atoms with E-state index in [4.69, 9.17) is 33.4 Å². The molecule has 0 unspecified atom stereocenters. The molecule has 0 amide bonds. The summed E-state index contributed by atoms with van der Waals surface area (Å²) >= 11 is 1.50. The molecule has 3 heterocycles.